The average Bonchev–Trinajstić information content (AvgIpc) is 3.29. The number of aromatic nitrogens is 3. The molecule has 2 N–H and O–H groups in total. The number of nitrogens with one attached hydrogen (secondary N) is 2. The van der Waals surface area contributed by atoms with Gasteiger partial charge in [-0.15, -0.1) is 0 Å². The topological polar surface area (TPSA) is 91.0 Å². The van der Waals surface area contributed by atoms with E-state index in [4.69, 9.17) is 0 Å². The Balaban J connectivity index is 1.76. The highest BCUT2D eigenvalue weighted by atomic mass is 16.2. The standard InChI is InChI=1S/C17H21N5O2/c1-12(23)21-16(7-14-9-19-11-20-14)17(24)22(15-4-5-15)10-13-3-2-6-18-8-13/h2-3,6,8-9,11,15-16H,4-5,7,10H2,1H3,(H,19,20)(H,21,23)/t16-/m0/s1. The van der Waals surface area contributed by atoms with Crippen LogP contribution < -0.4 is 5.32 Å². The van der Waals surface area contributed by atoms with Crippen LogP contribution in [0.5, 0.6) is 0 Å². The van der Waals surface area contributed by atoms with E-state index in [-0.39, 0.29) is 17.9 Å². The van der Waals surface area contributed by atoms with Gasteiger partial charge in [0.1, 0.15) is 6.04 Å². The quantitative estimate of drug-likeness (QED) is 0.795. The van der Waals surface area contributed by atoms with E-state index in [1.165, 1.54) is 6.92 Å². The molecule has 1 fully saturated rings. The van der Waals surface area contributed by atoms with E-state index in [1.807, 2.05) is 17.0 Å². The van der Waals surface area contributed by atoms with Crippen LogP contribution in [0.3, 0.4) is 0 Å². The third-order valence-electron chi connectivity index (χ3n) is 4.00. The van der Waals surface area contributed by atoms with Crippen molar-refractivity contribution in [3.8, 4) is 0 Å². The van der Waals surface area contributed by atoms with Crippen molar-refractivity contribution in [2.24, 2.45) is 0 Å². The second-order valence-corrected chi connectivity index (χ2v) is 6.09. The molecule has 2 aromatic heterocycles. The molecule has 126 valence electrons. The molecule has 0 unspecified atom stereocenters. The molecule has 7 heteroatoms. The van der Waals surface area contributed by atoms with E-state index in [9.17, 15) is 9.59 Å². The number of rotatable bonds is 7. The molecule has 0 aromatic carbocycles. The molecule has 7 nitrogen and oxygen atoms in total. The summed E-state index contributed by atoms with van der Waals surface area (Å²) in [6.07, 6.45) is 9.13. The van der Waals surface area contributed by atoms with Gasteiger partial charge in [0.2, 0.25) is 11.8 Å². The molecule has 0 spiro atoms. The molecule has 0 bridgehead atoms. The molecule has 3 rings (SSSR count). The Labute approximate surface area is 140 Å². The van der Waals surface area contributed by atoms with Gasteiger partial charge in [-0.2, -0.15) is 0 Å². The number of carbonyl (C=O) groups is 2. The Morgan fingerprint density at radius 1 is 1.38 bits per heavy atom. The molecule has 2 heterocycles. The molecule has 24 heavy (non-hydrogen) atoms. The van der Waals surface area contributed by atoms with E-state index in [0.29, 0.717) is 13.0 Å². The van der Waals surface area contributed by atoms with Gasteiger partial charge < -0.3 is 15.2 Å². The third-order valence-corrected chi connectivity index (χ3v) is 4.00. The van der Waals surface area contributed by atoms with E-state index < -0.39 is 6.04 Å². The number of nitrogens with zero attached hydrogens (tertiary/aromatic N) is 3. The lowest BCUT2D eigenvalue weighted by atomic mass is 10.1. The lowest BCUT2D eigenvalue weighted by molar-refractivity contribution is -0.137. The molecule has 2 amide bonds. The second kappa shape index (κ2) is 7.25. The second-order valence-electron chi connectivity index (χ2n) is 6.09. The number of carbonyl (C=O) groups excluding carboxylic acids is 2. The van der Waals surface area contributed by atoms with Crippen LogP contribution in [0, 0.1) is 0 Å². The van der Waals surface area contributed by atoms with Gasteiger partial charge >= 0.3 is 0 Å². The summed E-state index contributed by atoms with van der Waals surface area (Å²) in [5, 5.41) is 2.77. The van der Waals surface area contributed by atoms with Crippen molar-refractivity contribution in [2.75, 3.05) is 0 Å². The zero-order valence-corrected chi connectivity index (χ0v) is 13.6. The first-order chi connectivity index (χ1) is 11.6. The molecule has 2 aromatic rings. The molecule has 0 saturated heterocycles. The zero-order valence-electron chi connectivity index (χ0n) is 13.6. The minimum absolute atomic E-state index is 0.0637. The Morgan fingerprint density at radius 3 is 2.79 bits per heavy atom. The fourth-order valence-corrected chi connectivity index (χ4v) is 2.72. The molecule has 1 atom stereocenters. The summed E-state index contributed by atoms with van der Waals surface area (Å²) >= 11 is 0. The first-order valence-corrected chi connectivity index (χ1v) is 8.07. The normalized spacial score (nSPS) is 14.9. The zero-order chi connectivity index (χ0) is 16.9. The number of pyridine rings is 1. The fourth-order valence-electron chi connectivity index (χ4n) is 2.72. The third kappa shape index (κ3) is 4.18. The highest BCUT2D eigenvalue weighted by Crippen LogP contribution is 2.29. The minimum Gasteiger partial charge on any atom is -0.348 e. The van der Waals surface area contributed by atoms with Gasteiger partial charge in [0.25, 0.3) is 0 Å². The predicted molar refractivity (Wildman–Crippen MR) is 87.7 cm³/mol. The molecule has 0 radical (unpaired) electrons. The van der Waals surface area contributed by atoms with Crippen molar-refractivity contribution < 1.29 is 9.59 Å². The fraction of sp³-hybridized carbons (Fsp3) is 0.412. The van der Waals surface area contributed by atoms with Gasteiger partial charge in [-0.05, 0) is 24.5 Å². The first kappa shape index (κ1) is 16.2. The maximum absolute atomic E-state index is 13.0. The van der Waals surface area contributed by atoms with Crippen LogP contribution in [-0.2, 0) is 22.6 Å². The van der Waals surface area contributed by atoms with E-state index >= 15 is 0 Å². The number of amides is 2. The summed E-state index contributed by atoms with van der Waals surface area (Å²) in [4.78, 5) is 37.5. The molecule has 1 saturated carbocycles. The van der Waals surface area contributed by atoms with Crippen LogP contribution in [0.25, 0.3) is 0 Å². The lowest BCUT2D eigenvalue weighted by Crippen LogP contribution is -2.49. The van der Waals surface area contributed by atoms with Crippen molar-refractivity contribution in [1.82, 2.24) is 25.2 Å². The molecular weight excluding hydrogens is 306 g/mol. The molecular formula is C17H21N5O2. The summed E-state index contributed by atoms with van der Waals surface area (Å²) in [6, 6.07) is 3.47. The Morgan fingerprint density at radius 2 is 2.21 bits per heavy atom. The Bertz CT molecular complexity index is 682. The largest absolute Gasteiger partial charge is 0.348 e. The van der Waals surface area contributed by atoms with Crippen LogP contribution in [-0.4, -0.2) is 43.7 Å². The van der Waals surface area contributed by atoms with Crippen LogP contribution >= 0.6 is 0 Å². The van der Waals surface area contributed by atoms with E-state index in [2.05, 4.69) is 20.3 Å². The smallest absolute Gasteiger partial charge is 0.246 e. The van der Waals surface area contributed by atoms with Gasteiger partial charge in [-0.25, -0.2) is 4.98 Å². The van der Waals surface area contributed by atoms with Crippen molar-refractivity contribution in [3.63, 3.8) is 0 Å². The van der Waals surface area contributed by atoms with Gasteiger partial charge in [0, 0.05) is 50.2 Å². The summed E-state index contributed by atoms with van der Waals surface area (Å²) in [5.41, 5.74) is 1.81. The number of imidazole rings is 1. The number of aromatic amines is 1. The Hall–Kier alpha value is -2.70. The monoisotopic (exact) mass is 327 g/mol. The predicted octanol–water partition coefficient (Wildman–Crippen LogP) is 1.04. The van der Waals surface area contributed by atoms with Crippen LogP contribution in [0.2, 0.25) is 0 Å². The van der Waals surface area contributed by atoms with Crippen molar-refractivity contribution in [1.29, 1.82) is 0 Å². The van der Waals surface area contributed by atoms with Crippen molar-refractivity contribution >= 4 is 11.8 Å². The van der Waals surface area contributed by atoms with E-state index in [0.717, 1.165) is 24.1 Å². The van der Waals surface area contributed by atoms with Crippen molar-refractivity contribution in [2.45, 2.75) is 44.8 Å². The summed E-state index contributed by atoms with van der Waals surface area (Å²) in [7, 11) is 0. The van der Waals surface area contributed by atoms with Gasteiger partial charge in [-0.3, -0.25) is 14.6 Å². The maximum atomic E-state index is 13.0. The summed E-state index contributed by atoms with van der Waals surface area (Å²) in [5.74, 6) is -0.281. The summed E-state index contributed by atoms with van der Waals surface area (Å²) in [6.45, 7) is 1.94. The number of H-pyrrole nitrogens is 1. The van der Waals surface area contributed by atoms with Crippen molar-refractivity contribution in [3.05, 3.63) is 48.3 Å². The Kier molecular flexibility index (Phi) is 4.88. The highest BCUT2D eigenvalue weighted by Gasteiger charge is 2.36. The average molecular weight is 327 g/mol. The molecule has 0 aliphatic heterocycles. The highest BCUT2D eigenvalue weighted by molar-refractivity contribution is 5.87. The number of hydrogen-bond acceptors (Lipinski definition) is 4. The first-order valence-electron chi connectivity index (χ1n) is 8.07. The van der Waals surface area contributed by atoms with Crippen LogP contribution in [0.1, 0.15) is 31.0 Å². The van der Waals surface area contributed by atoms with Gasteiger partial charge in [0.05, 0.1) is 6.33 Å². The van der Waals surface area contributed by atoms with Gasteiger partial charge in [-0.1, -0.05) is 6.07 Å². The summed E-state index contributed by atoms with van der Waals surface area (Å²) < 4.78 is 0. The van der Waals surface area contributed by atoms with Crippen LogP contribution in [0.4, 0.5) is 0 Å². The SMILES string of the molecule is CC(=O)N[C@@H](Cc1cnc[nH]1)C(=O)N(Cc1cccnc1)C1CC1. The minimum atomic E-state index is -0.597. The number of hydrogen-bond donors (Lipinski definition) is 2. The molecule has 1 aliphatic carbocycles. The lowest BCUT2D eigenvalue weighted by Gasteiger charge is -2.27. The van der Waals surface area contributed by atoms with Gasteiger partial charge in [0.15, 0.2) is 0 Å². The maximum Gasteiger partial charge on any atom is 0.246 e. The van der Waals surface area contributed by atoms with Crippen LogP contribution in [0.15, 0.2) is 37.1 Å². The van der Waals surface area contributed by atoms with E-state index in [1.54, 1.807) is 24.9 Å². The molecule has 1 aliphatic rings.